The molecule has 1 heterocycles. The molecule has 3 aromatic rings. The first-order valence-corrected chi connectivity index (χ1v) is 17.4. The van der Waals surface area contributed by atoms with E-state index in [9.17, 15) is 4.79 Å². The van der Waals surface area contributed by atoms with Crippen molar-refractivity contribution in [2.24, 2.45) is 0 Å². The van der Waals surface area contributed by atoms with Crippen LogP contribution in [0.1, 0.15) is 122 Å². The number of hydrogen-bond donors (Lipinski definition) is 1. The number of rotatable bonds is 20. The largest absolute Gasteiger partial charge is 0.490 e. The van der Waals surface area contributed by atoms with E-state index in [1.165, 1.54) is 87.4 Å². The zero-order valence-corrected chi connectivity index (χ0v) is 28.2. The molecule has 0 aliphatic heterocycles. The van der Waals surface area contributed by atoms with Crippen LogP contribution in [0.3, 0.4) is 0 Å². The maximum atomic E-state index is 12.7. The van der Waals surface area contributed by atoms with Crippen molar-refractivity contribution in [3.05, 3.63) is 70.2 Å². The van der Waals surface area contributed by atoms with Crippen LogP contribution in [0.15, 0.2) is 53.4 Å². The smallest absolute Gasteiger partial charge is 0.262 e. The number of hydrogen-bond acceptors (Lipinski definition) is 4. The lowest BCUT2D eigenvalue weighted by Gasteiger charge is -2.21. The second kappa shape index (κ2) is 18.7. The molecule has 43 heavy (non-hydrogen) atoms. The van der Waals surface area contributed by atoms with Gasteiger partial charge in [-0.2, -0.15) is 4.57 Å². The number of carbonyl (C=O) groups excluding carboxylic acids is 1. The van der Waals surface area contributed by atoms with Crippen LogP contribution in [0, 0.1) is 6.92 Å². The summed E-state index contributed by atoms with van der Waals surface area (Å²) in [7, 11) is 0. The molecular formula is C37H55N2O3S+. The monoisotopic (exact) mass is 607 g/mol. The van der Waals surface area contributed by atoms with Crippen molar-refractivity contribution in [1.29, 1.82) is 0 Å². The van der Waals surface area contributed by atoms with Gasteiger partial charge in [-0.3, -0.25) is 4.79 Å². The van der Waals surface area contributed by atoms with Crippen LogP contribution in [-0.2, 0) is 16.8 Å². The minimum Gasteiger partial charge on any atom is -0.490 e. The molecule has 0 unspecified atom stereocenters. The molecule has 0 aliphatic rings. The molecule has 1 N–H and O–H groups in total. The maximum Gasteiger partial charge on any atom is 0.262 e. The number of aryl methyl sites for hydroxylation is 1. The zero-order valence-electron chi connectivity index (χ0n) is 27.4. The molecule has 0 aliphatic carbocycles. The molecule has 0 saturated carbocycles. The topological polar surface area (TPSA) is 51.4 Å². The predicted octanol–water partition coefficient (Wildman–Crippen LogP) is 9.79. The van der Waals surface area contributed by atoms with Crippen molar-refractivity contribution in [3.8, 4) is 11.5 Å². The molecule has 6 heteroatoms. The van der Waals surface area contributed by atoms with E-state index in [-0.39, 0.29) is 17.9 Å². The van der Waals surface area contributed by atoms with Gasteiger partial charge in [-0.15, -0.1) is 0 Å². The summed E-state index contributed by atoms with van der Waals surface area (Å²) in [4.78, 5) is 12.7. The number of benzene rings is 2. The van der Waals surface area contributed by atoms with Gasteiger partial charge in [0, 0.05) is 18.2 Å². The number of amides is 1. The minimum absolute atomic E-state index is 0.00317. The first-order chi connectivity index (χ1) is 20.8. The lowest BCUT2D eigenvalue weighted by molar-refractivity contribution is -0.689. The molecule has 0 saturated heterocycles. The summed E-state index contributed by atoms with van der Waals surface area (Å²) in [6, 6.07) is 14.0. The van der Waals surface area contributed by atoms with Crippen molar-refractivity contribution in [1.82, 2.24) is 0 Å². The molecule has 0 spiro atoms. The van der Waals surface area contributed by atoms with Crippen LogP contribution >= 0.6 is 11.3 Å². The van der Waals surface area contributed by atoms with Gasteiger partial charge in [-0.25, -0.2) is 0 Å². The van der Waals surface area contributed by atoms with E-state index < -0.39 is 0 Å². The van der Waals surface area contributed by atoms with Crippen LogP contribution < -0.4 is 19.4 Å². The molecule has 0 atom stereocenters. The van der Waals surface area contributed by atoms with Gasteiger partial charge in [-0.1, -0.05) is 128 Å². The highest BCUT2D eigenvalue weighted by Crippen LogP contribution is 2.33. The first-order valence-electron chi connectivity index (χ1n) is 16.5. The molecule has 0 radical (unpaired) electrons. The molecular weight excluding hydrogens is 552 g/mol. The highest BCUT2D eigenvalue weighted by atomic mass is 32.1. The van der Waals surface area contributed by atoms with Crippen LogP contribution in [0.4, 0.5) is 5.69 Å². The third kappa shape index (κ3) is 13.1. The maximum absolute atomic E-state index is 12.7. The normalized spacial score (nSPS) is 11.5. The summed E-state index contributed by atoms with van der Waals surface area (Å²) in [5.74, 6) is 1.14. The molecule has 2 aromatic carbocycles. The number of nitrogens with zero attached hydrogens (tertiary/aromatic N) is 1. The molecule has 3 rings (SSSR count). The average Bonchev–Trinajstić information content (AvgIpc) is 3.39. The molecule has 1 aromatic heterocycles. The Morgan fingerprint density at radius 1 is 0.814 bits per heavy atom. The molecule has 0 bridgehead atoms. The Bertz CT molecular complexity index is 1210. The van der Waals surface area contributed by atoms with Gasteiger partial charge in [0.1, 0.15) is 0 Å². The summed E-state index contributed by atoms with van der Waals surface area (Å²) in [5, 5.41) is 5.09. The summed E-state index contributed by atoms with van der Waals surface area (Å²) >= 11 is 1.70. The summed E-state index contributed by atoms with van der Waals surface area (Å²) in [5.41, 5.74) is 6.49. The third-order valence-electron chi connectivity index (χ3n) is 7.89. The van der Waals surface area contributed by atoms with Crippen molar-refractivity contribution < 1.29 is 18.8 Å². The second-order valence-corrected chi connectivity index (χ2v) is 13.5. The Labute approximate surface area is 265 Å². The number of nitrogens with one attached hydrogen (secondary N) is 1. The standard InChI is InChI=1S/C37H54N2O3S/c1-6-7-8-9-10-11-12-13-14-15-16-17-24-41-35-25-32(37(3,4)5)20-23-34(35)42-27-36(40)38-33-21-18-31(19-22-33)26-39-29-43-28-30(39)2/h18-23,25,28-29H,6-17,24,26-27H2,1-5H3/p+1. The molecule has 1 amide bonds. The average molecular weight is 608 g/mol. The number of aromatic nitrogens is 1. The fourth-order valence-corrected chi connectivity index (χ4v) is 5.86. The van der Waals surface area contributed by atoms with Crippen molar-refractivity contribution in [2.75, 3.05) is 18.5 Å². The van der Waals surface area contributed by atoms with E-state index in [0.29, 0.717) is 18.1 Å². The van der Waals surface area contributed by atoms with E-state index in [4.69, 9.17) is 9.47 Å². The fourth-order valence-electron chi connectivity index (χ4n) is 5.08. The quantitative estimate of drug-likeness (QED) is 0.103. The lowest BCUT2D eigenvalue weighted by atomic mass is 9.87. The van der Waals surface area contributed by atoms with Crippen molar-refractivity contribution in [3.63, 3.8) is 0 Å². The van der Waals surface area contributed by atoms with Gasteiger partial charge in [-0.05, 0) is 41.7 Å². The van der Waals surface area contributed by atoms with E-state index in [1.54, 1.807) is 11.3 Å². The van der Waals surface area contributed by atoms with E-state index in [2.05, 4.69) is 67.5 Å². The Kier molecular flexibility index (Phi) is 15.1. The van der Waals surface area contributed by atoms with Crippen molar-refractivity contribution >= 4 is 22.9 Å². The van der Waals surface area contributed by atoms with Crippen LogP contribution in [0.5, 0.6) is 11.5 Å². The number of unbranched alkanes of at least 4 members (excludes halogenated alkanes) is 11. The van der Waals surface area contributed by atoms with Crippen LogP contribution in [0.25, 0.3) is 0 Å². The minimum atomic E-state index is -0.192. The SMILES string of the molecule is CCCCCCCCCCCCCCOc1cc(C(C)(C)C)ccc1OCC(=O)Nc1ccc(C[n+]2cscc2C)cc1. The van der Waals surface area contributed by atoms with E-state index in [1.807, 2.05) is 30.3 Å². The van der Waals surface area contributed by atoms with Gasteiger partial charge >= 0.3 is 0 Å². The number of anilines is 1. The zero-order chi connectivity index (χ0) is 30.9. The number of thiazole rings is 1. The molecule has 5 nitrogen and oxygen atoms in total. The van der Waals surface area contributed by atoms with E-state index in [0.717, 1.165) is 18.7 Å². The van der Waals surface area contributed by atoms with E-state index >= 15 is 0 Å². The number of carbonyl (C=O) groups is 1. The third-order valence-corrected chi connectivity index (χ3v) is 8.75. The van der Waals surface area contributed by atoms with Crippen LogP contribution in [-0.4, -0.2) is 19.1 Å². The predicted molar refractivity (Wildman–Crippen MR) is 181 cm³/mol. The molecule has 236 valence electrons. The van der Waals surface area contributed by atoms with Gasteiger partial charge in [0.25, 0.3) is 5.91 Å². The Hall–Kier alpha value is -2.86. The Morgan fingerprint density at radius 2 is 1.44 bits per heavy atom. The van der Waals surface area contributed by atoms with Crippen molar-refractivity contribution in [2.45, 2.75) is 124 Å². The van der Waals surface area contributed by atoms with Crippen LogP contribution in [0.2, 0.25) is 0 Å². The van der Waals surface area contributed by atoms with Gasteiger partial charge < -0.3 is 14.8 Å². The second-order valence-electron chi connectivity index (χ2n) is 12.8. The highest BCUT2D eigenvalue weighted by molar-refractivity contribution is 7.07. The summed E-state index contributed by atoms with van der Waals surface area (Å²) < 4.78 is 14.4. The highest BCUT2D eigenvalue weighted by Gasteiger charge is 2.18. The molecule has 0 fully saturated rings. The first kappa shape index (κ1) is 34.6. The lowest BCUT2D eigenvalue weighted by Crippen LogP contribution is -2.34. The Morgan fingerprint density at radius 3 is 2.02 bits per heavy atom. The summed E-state index contributed by atoms with van der Waals surface area (Å²) in [6.45, 7) is 12.4. The number of ether oxygens (including phenoxy) is 2. The Balaban J connectivity index is 1.41. The summed E-state index contributed by atoms with van der Waals surface area (Å²) in [6.07, 6.45) is 15.8. The van der Waals surface area contributed by atoms with Gasteiger partial charge in [0.05, 0.1) is 12.0 Å². The van der Waals surface area contributed by atoms with Gasteiger partial charge in [0.15, 0.2) is 30.3 Å². The fraction of sp³-hybridized carbons (Fsp3) is 0.568. The van der Waals surface area contributed by atoms with Gasteiger partial charge in [0.2, 0.25) is 5.51 Å².